The standard InChI is InChI=1S/C21H26N6O2/c1-23-21(29)27-11-10-26(14-18(27)22)17-7-5-6-15-12-16(13-24-19(15)17)20(28)25-8-3-2-4-9-25/h5-7,12-13,22H,2-4,8-11,14H2,1H3,(H,23,29). The van der Waals surface area contributed by atoms with Crippen LogP contribution in [0, 0.1) is 5.41 Å². The third-order valence-electron chi connectivity index (χ3n) is 5.64. The molecule has 3 amide bonds. The zero-order chi connectivity index (χ0) is 20.4. The normalized spacial score (nSPS) is 17.6. The molecule has 2 aliphatic heterocycles. The number of fused-ring (bicyclic) bond motifs is 1. The van der Waals surface area contributed by atoms with Crippen LogP contribution in [0.1, 0.15) is 29.6 Å². The summed E-state index contributed by atoms with van der Waals surface area (Å²) in [5, 5.41) is 11.7. The van der Waals surface area contributed by atoms with Crippen LogP contribution in [0.3, 0.4) is 0 Å². The Labute approximate surface area is 170 Å². The van der Waals surface area contributed by atoms with Gasteiger partial charge in [-0.3, -0.25) is 20.1 Å². The Morgan fingerprint density at radius 1 is 1.10 bits per heavy atom. The Balaban J connectivity index is 1.58. The number of hydrogen-bond donors (Lipinski definition) is 2. The minimum absolute atomic E-state index is 0.0467. The first kappa shape index (κ1) is 19.2. The van der Waals surface area contributed by atoms with Gasteiger partial charge in [-0.25, -0.2) is 4.79 Å². The Hall–Kier alpha value is -3.16. The third-order valence-corrected chi connectivity index (χ3v) is 5.64. The number of anilines is 1. The summed E-state index contributed by atoms with van der Waals surface area (Å²) in [6.07, 6.45) is 4.97. The van der Waals surface area contributed by atoms with E-state index in [4.69, 9.17) is 5.41 Å². The highest BCUT2D eigenvalue weighted by Crippen LogP contribution is 2.27. The minimum atomic E-state index is -0.258. The fourth-order valence-corrected chi connectivity index (χ4v) is 4.06. The Morgan fingerprint density at radius 2 is 1.90 bits per heavy atom. The molecule has 8 nitrogen and oxygen atoms in total. The number of piperidine rings is 1. The maximum Gasteiger partial charge on any atom is 0.322 e. The number of amides is 3. The number of piperazine rings is 1. The van der Waals surface area contributed by atoms with Crippen LogP contribution in [0.2, 0.25) is 0 Å². The van der Waals surface area contributed by atoms with Gasteiger partial charge in [0, 0.05) is 44.8 Å². The van der Waals surface area contributed by atoms with Crippen LogP contribution < -0.4 is 10.2 Å². The lowest BCUT2D eigenvalue weighted by Gasteiger charge is -2.36. The van der Waals surface area contributed by atoms with Crippen molar-refractivity contribution in [3.8, 4) is 0 Å². The molecule has 1 aromatic heterocycles. The second kappa shape index (κ2) is 8.06. The zero-order valence-electron chi connectivity index (χ0n) is 16.6. The Morgan fingerprint density at radius 3 is 2.62 bits per heavy atom. The lowest BCUT2D eigenvalue weighted by atomic mass is 10.1. The summed E-state index contributed by atoms with van der Waals surface area (Å²) in [5.41, 5.74) is 2.35. The predicted octanol–water partition coefficient (Wildman–Crippen LogP) is 2.30. The molecule has 0 bridgehead atoms. The second-order valence-electron chi connectivity index (χ2n) is 7.50. The van der Waals surface area contributed by atoms with Crippen molar-refractivity contribution in [2.45, 2.75) is 19.3 Å². The first-order chi connectivity index (χ1) is 14.1. The summed E-state index contributed by atoms with van der Waals surface area (Å²) in [4.78, 5) is 34.7. The molecule has 0 spiro atoms. The molecule has 3 heterocycles. The van der Waals surface area contributed by atoms with E-state index in [1.807, 2.05) is 29.2 Å². The van der Waals surface area contributed by atoms with Crippen molar-refractivity contribution in [1.82, 2.24) is 20.1 Å². The molecule has 0 aliphatic carbocycles. The molecule has 0 radical (unpaired) electrons. The van der Waals surface area contributed by atoms with Gasteiger partial charge in [0.2, 0.25) is 0 Å². The van der Waals surface area contributed by atoms with Gasteiger partial charge in [-0.05, 0) is 31.4 Å². The van der Waals surface area contributed by atoms with Gasteiger partial charge in [0.25, 0.3) is 5.91 Å². The zero-order valence-corrected chi connectivity index (χ0v) is 16.6. The molecule has 2 N–H and O–H groups in total. The maximum absolute atomic E-state index is 12.8. The number of hydrogen-bond acceptors (Lipinski definition) is 5. The third kappa shape index (κ3) is 3.74. The summed E-state index contributed by atoms with van der Waals surface area (Å²) < 4.78 is 0. The quantitative estimate of drug-likeness (QED) is 0.817. The number of amidine groups is 1. The van der Waals surface area contributed by atoms with E-state index < -0.39 is 0 Å². The number of carbonyl (C=O) groups is 2. The number of carbonyl (C=O) groups excluding carboxylic acids is 2. The van der Waals surface area contributed by atoms with Crippen LogP contribution in [0.25, 0.3) is 10.9 Å². The van der Waals surface area contributed by atoms with E-state index in [0.29, 0.717) is 25.2 Å². The minimum Gasteiger partial charge on any atom is -0.361 e. The van der Waals surface area contributed by atoms with Crippen molar-refractivity contribution in [2.75, 3.05) is 44.7 Å². The molecule has 1 aromatic carbocycles. The molecule has 4 rings (SSSR count). The largest absolute Gasteiger partial charge is 0.361 e. The molecule has 2 aromatic rings. The number of benzene rings is 1. The van der Waals surface area contributed by atoms with Crippen molar-refractivity contribution in [3.05, 3.63) is 36.0 Å². The van der Waals surface area contributed by atoms with Crippen molar-refractivity contribution >= 4 is 34.4 Å². The molecule has 29 heavy (non-hydrogen) atoms. The van der Waals surface area contributed by atoms with E-state index in [9.17, 15) is 9.59 Å². The molecule has 0 atom stereocenters. The predicted molar refractivity (Wildman–Crippen MR) is 113 cm³/mol. The first-order valence-corrected chi connectivity index (χ1v) is 10.1. The molecule has 0 unspecified atom stereocenters. The fraction of sp³-hybridized carbons (Fsp3) is 0.429. The number of urea groups is 1. The number of rotatable bonds is 2. The summed E-state index contributed by atoms with van der Waals surface area (Å²) in [6, 6.07) is 7.54. The number of pyridine rings is 1. The number of likely N-dealkylation sites (tertiary alicyclic amines) is 1. The maximum atomic E-state index is 12.8. The van der Waals surface area contributed by atoms with E-state index in [2.05, 4.69) is 15.2 Å². The van der Waals surface area contributed by atoms with Crippen LogP contribution in [0.4, 0.5) is 10.5 Å². The first-order valence-electron chi connectivity index (χ1n) is 10.1. The van der Waals surface area contributed by atoms with Crippen LogP contribution in [-0.2, 0) is 0 Å². The van der Waals surface area contributed by atoms with Crippen molar-refractivity contribution in [3.63, 3.8) is 0 Å². The van der Waals surface area contributed by atoms with E-state index >= 15 is 0 Å². The number of aromatic nitrogens is 1. The number of nitrogens with one attached hydrogen (secondary N) is 2. The highest BCUT2D eigenvalue weighted by molar-refractivity contribution is 6.02. The lowest BCUT2D eigenvalue weighted by molar-refractivity contribution is 0.0724. The lowest BCUT2D eigenvalue weighted by Crippen LogP contribution is -2.54. The van der Waals surface area contributed by atoms with Crippen LogP contribution in [0.15, 0.2) is 30.5 Å². The highest BCUT2D eigenvalue weighted by Gasteiger charge is 2.27. The van der Waals surface area contributed by atoms with Crippen molar-refractivity contribution in [2.24, 2.45) is 0 Å². The monoisotopic (exact) mass is 394 g/mol. The Kier molecular flexibility index (Phi) is 5.33. The SMILES string of the molecule is CNC(=O)N1CCN(c2cccc3cc(C(=O)N4CCCCC4)cnc23)CC1=N. The van der Waals surface area contributed by atoms with Gasteiger partial charge in [-0.15, -0.1) is 0 Å². The number of nitrogens with zero attached hydrogens (tertiary/aromatic N) is 4. The molecule has 2 saturated heterocycles. The molecule has 2 aliphatic rings. The van der Waals surface area contributed by atoms with Crippen LogP contribution in [-0.4, -0.2) is 72.3 Å². The average molecular weight is 394 g/mol. The van der Waals surface area contributed by atoms with Crippen LogP contribution in [0.5, 0.6) is 0 Å². The summed E-state index contributed by atoms with van der Waals surface area (Å²) >= 11 is 0. The average Bonchev–Trinajstić information content (AvgIpc) is 2.77. The van der Waals surface area contributed by atoms with E-state index in [1.165, 1.54) is 11.3 Å². The molecular weight excluding hydrogens is 368 g/mol. The molecular formula is C21H26N6O2. The van der Waals surface area contributed by atoms with E-state index in [0.717, 1.165) is 42.5 Å². The second-order valence-corrected chi connectivity index (χ2v) is 7.50. The van der Waals surface area contributed by atoms with Crippen molar-refractivity contribution in [1.29, 1.82) is 5.41 Å². The molecule has 0 saturated carbocycles. The summed E-state index contributed by atoms with van der Waals surface area (Å²) in [5.74, 6) is 0.301. The Bertz CT molecular complexity index is 953. The van der Waals surface area contributed by atoms with Gasteiger partial charge in [0.15, 0.2) is 0 Å². The van der Waals surface area contributed by atoms with Gasteiger partial charge in [-0.2, -0.15) is 0 Å². The molecule has 152 valence electrons. The summed E-state index contributed by atoms with van der Waals surface area (Å²) in [7, 11) is 1.57. The van der Waals surface area contributed by atoms with Gasteiger partial charge < -0.3 is 15.1 Å². The smallest absolute Gasteiger partial charge is 0.322 e. The van der Waals surface area contributed by atoms with Gasteiger partial charge in [-0.1, -0.05) is 12.1 Å². The van der Waals surface area contributed by atoms with Gasteiger partial charge in [0.1, 0.15) is 5.84 Å². The molecule has 8 heteroatoms. The van der Waals surface area contributed by atoms with E-state index in [-0.39, 0.29) is 17.8 Å². The fourth-order valence-electron chi connectivity index (χ4n) is 4.06. The van der Waals surface area contributed by atoms with Gasteiger partial charge in [0.05, 0.1) is 23.3 Å². The van der Waals surface area contributed by atoms with E-state index in [1.54, 1.807) is 13.2 Å². The molecule has 2 fully saturated rings. The summed E-state index contributed by atoms with van der Waals surface area (Å²) in [6.45, 7) is 3.03. The van der Waals surface area contributed by atoms with Crippen molar-refractivity contribution < 1.29 is 9.59 Å². The van der Waals surface area contributed by atoms with Gasteiger partial charge >= 0.3 is 6.03 Å². The number of para-hydroxylation sites is 1. The van der Waals surface area contributed by atoms with Crippen LogP contribution >= 0.6 is 0 Å². The topological polar surface area (TPSA) is 92.6 Å². The highest BCUT2D eigenvalue weighted by atomic mass is 16.2.